The zero-order chi connectivity index (χ0) is 19.3. The van der Waals surface area contributed by atoms with Gasteiger partial charge >= 0.3 is 0 Å². The second-order valence-corrected chi connectivity index (χ2v) is 8.45. The number of hydrogen-bond acceptors (Lipinski definition) is 3. The first-order chi connectivity index (χ1) is 12.2. The summed E-state index contributed by atoms with van der Waals surface area (Å²) >= 11 is 5.81. The van der Waals surface area contributed by atoms with Gasteiger partial charge in [-0.05, 0) is 61.9 Å². The summed E-state index contributed by atoms with van der Waals surface area (Å²) in [6.45, 7) is 3.61. The molecule has 26 heavy (non-hydrogen) atoms. The summed E-state index contributed by atoms with van der Waals surface area (Å²) in [6.07, 6.45) is 3.07. The molecule has 0 heterocycles. The van der Waals surface area contributed by atoms with Crippen molar-refractivity contribution in [1.29, 1.82) is 0 Å². The molecule has 0 aliphatic heterocycles. The fourth-order valence-corrected chi connectivity index (χ4v) is 3.58. The number of nitrogens with one attached hydrogen (secondary N) is 1. The van der Waals surface area contributed by atoms with Gasteiger partial charge in [0.1, 0.15) is 0 Å². The summed E-state index contributed by atoms with van der Waals surface area (Å²) < 4.78 is 26.1. The van der Waals surface area contributed by atoms with Gasteiger partial charge in [-0.1, -0.05) is 23.7 Å². The van der Waals surface area contributed by atoms with Gasteiger partial charge in [0.05, 0.1) is 4.90 Å². The number of amides is 1. The summed E-state index contributed by atoms with van der Waals surface area (Å²) in [5.74, 6) is -0.310. The van der Waals surface area contributed by atoms with E-state index < -0.39 is 10.0 Å². The molecule has 0 bridgehead atoms. The molecule has 0 fully saturated rings. The van der Waals surface area contributed by atoms with E-state index in [0.717, 1.165) is 5.56 Å². The number of carbonyl (C=O) groups excluding carboxylic acids is 1. The van der Waals surface area contributed by atoms with Crippen molar-refractivity contribution in [1.82, 2.24) is 4.31 Å². The van der Waals surface area contributed by atoms with E-state index in [2.05, 4.69) is 5.32 Å². The van der Waals surface area contributed by atoms with E-state index in [4.69, 9.17) is 11.6 Å². The van der Waals surface area contributed by atoms with Gasteiger partial charge in [-0.15, -0.1) is 0 Å². The van der Waals surface area contributed by atoms with Gasteiger partial charge in [-0.25, -0.2) is 8.42 Å². The maximum absolute atomic E-state index is 12.4. The van der Waals surface area contributed by atoms with Gasteiger partial charge in [0.25, 0.3) is 0 Å². The van der Waals surface area contributed by atoms with Gasteiger partial charge in [0, 0.05) is 29.9 Å². The molecule has 0 aromatic heterocycles. The molecule has 5 nitrogen and oxygen atoms in total. The van der Waals surface area contributed by atoms with Gasteiger partial charge in [0.2, 0.25) is 15.9 Å². The number of halogens is 1. The highest BCUT2D eigenvalue weighted by atomic mass is 35.5. The molecular formula is C19H21ClN2O3S. The number of nitrogens with zero attached hydrogens (tertiary/aromatic N) is 1. The second kappa shape index (κ2) is 8.49. The van der Waals surface area contributed by atoms with Crippen LogP contribution in [-0.2, 0) is 14.8 Å². The van der Waals surface area contributed by atoms with Crippen molar-refractivity contribution in [3.8, 4) is 0 Å². The van der Waals surface area contributed by atoms with E-state index in [0.29, 0.717) is 10.7 Å². The average Bonchev–Trinajstić information content (AvgIpc) is 2.61. The van der Waals surface area contributed by atoms with Crippen molar-refractivity contribution < 1.29 is 13.2 Å². The Hall–Kier alpha value is -2.15. The highest BCUT2D eigenvalue weighted by molar-refractivity contribution is 7.89. The van der Waals surface area contributed by atoms with Gasteiger partial charge in [0.15, 0.2) is 0 Å². The highest BCUT2D eigenvalue weighted by Crippen LogP contribution is 2.19. The third kappa shape index (κ3) is 5.17. The molecule has 2 aromatic carbocycles. The Kier molecular flexibility index (Phi) is 6.58. The lowest BCUT2D eigenvalue weighted by molar-refractivity contribution is -0.111. The monoisotopic (exact) mass is 392 g/mol. The van der Waals surface area contributed by atoms with E-state index in [-0.39, 0.29) is 16.8 Å². The summed E-state index contributed by atoms with van der Waals surface area (Å²) in [5, 5.41) is 3.32. The molecule has 0 unspecified atom stereocenters. The highest BCUT2D eigenvalue weighted by Gasteiger charge is 2.22. The summed E-state index contributed by atoms with van der Waals surface area (Å²) in [5.41, 5.74) is 1.37. The Morgan fingerprint density at radius 1 is 1.08 bits per heavy atom. The fourth-order valence-electron chi connectivity index (χ4n) is 2.08. The van der Waals surface area contributed by atoms with Crippen molar-refractivity contribution in [2.24, 2.45) is 0 Å². The van der Waals surface area contributed by atoms with Crippen molar-refractivity contribution in [2.45, 2.75) is 24.8 Å². The smallest absolute Gasteiger partial charge is 0.248 e. The van der Waals surface area contributed by atoms with E-state index >= 15 is 0 Å². The minimum atomic E-state index is -3.54. The van der Waals surface area contributed by atoms with Crippen LogP contribution in [0.3, 0.4) is 0 Å². The predicted molar refractivity (Wildman–Crippen MR) is 106 cm³/mol. The predicted octanol–water partition coefficient (Wildman–Crippen LogP) is 4.02. The molecule has 0 radical (unpaired) electrons. The average molecular weight is 393 g/mol. The Morgan fingerprint density at radius 2 is 1.65 bits per heavy atom. The van der Waals surface area contributed by atoms with Crippen LogP contribution in [0.25, 0.3) is 6.08 Å². The van der Waals surface area contributed by atoms with Gasteiger partial charge in [-0.3, -0.25) is 4.79 Å². The maximum Gasteiger partial charge on any atom is 0.248 e. The number of carbonyl (C=O) groups is 1. The lowest BCUT2D eigenvalue weighted by Gasteiger charge is -2.21. The molecule has 0 aliphatic carbocycles. The molecule has 7 heteroatoms. The molecule has 0 aliphatic rings. The van der Waals surface area contributed by atoms with Crippen molar-refractivity contribution in [3.05, 3.63) is 65.2 Å². The van der Waals surface area contributed by atoms with E-state index in [9.17, 15) is 13.2 Å². The van der Waals surface area contributed by atoms with E-state index in [1.165, 1.54) is 29.6 Å². The van der Waals surface area contributed by atoms with Crippen molar-refractivity contribution >= 4 is 39.3 Å². The topological polar surface area (TPSA) is 66.5 Å². The fraction of sp³-hybridized carbons (Fsp3) is 0.211. The first-order valence-corrected chi connectivity index (χ1v) is 9.84. The number of benzene rings is 2. The first kappa shape index (κ1) is 20.2. The second-order valence-electron chi connectivity index (χ2n) is 6.01. The van der Waals surface area contributed by atoms with Crippen LogP contribution in [0.2, 0.25) is 5.02 Å². The number of anilines is 1. The Labute approximate surface area is 159 Å². The third-order valence-corrected chi connectivity index (χ3v) is 6.12. The lowest BCUT2D eigenvalue weighted by Crippen LogP contribution is -2.33. The molecule has 2 aromatic rings. The molecule has 138 valence electrons. The van der Waals surface area contributed by atoms with Gasteiger partial charge in [-0.2, -0.15) is 4.31 Å². The molecule has 1 amide bonds. The largest absolute Gasteiger partial charge is 0.323 e. The van der Waals surface area contributed by atoms with Crippen LogP contribution in [0.1, 0.15) is 19.4 Å². The van der Waals surface area contributed by atoms with Crippen LogP contribution < -0.4 is 5.32 Å². The zero-order valence-corrected chi connectivity index (χ0v) is 16.4. The zero-order valence-electron chi connectivity index (χ0n) is 14.8. The van der Waals surface area contributed by atoms with Crippen LogP contribution in [0.4, 0.5) is 5.69 Å². The van der Waals surface area contributed by atoms with Crippen LogP contribution in [0.5, 0.6) is 0 Å². The number of rotatable bonds is 6. The Balaban J connectivity index is 2.04. The number of hydrogen-bond donors (Lipinski definition) is 1. The molecule has 1 N–H and O–H groups in total. The lowest BCUT2D eigenvalue weighted by atomic mass is 10.2. The van der Waals surface area contributed by atoms with E-state index in [1.54, 1.807) is 56.3 Å². The summed E-state index contributed by atoms with van der Waals surface area (Å²) in [4.78, 5) is 12.2. The maximum atomic E-state index is 12.4. The van der Waals surface area contributed by atoms with Crippen LogP contribution in [0, 0.1) is 0 Å². The standard InChI is InChI=1S/C19H21ClN2O3S/c1-14(2)22(3)26(24,25)18-11-9-17(10-12-18)21-19(23)13-6-15-4-7-16(20)8-5-15/h4-14H,1-3H3,(H,21,23)/b13-6+. The Morgan fingerprint density at radius 3 is 2.19 bits per heavy atom. The molecule has 0 saturated heterocycles. The van der Waals surface area contributed by atoms with E-state index in [1.807, 2.05) is 0 Å². The van der Waals surface area contributed by atoms with Crippen molar-refractivity contribution in [3.63, 3.8) is 0 Å². The number of sulfonamides is 1. The summed E-state index contributed by atoms with van der Waals surface area (Å²) in [6, 6.07) is 13.0. The quantitative estimate of drug-likeness (QED) is 0.755. The van der Waals surface area contributed by atoms with Gasteiger partial charge < -0.3 is 5.32 Å². The first-order valence-electron chi connectivity index (χ1n) is 8.03. The minimum Gasteiger partial charge on any atom is -0.323 e. The molecule has 0 atom stereocenters. The minimum absolute atomic E-state index is 0.141. The molecule has 0 spiro atoms. The molecule has 2 rings (SSSR count). The van der Waals surface area contributed by atoms with Crippen molar-refractivity contribution in [2.75, 3.05) is 12.4 Å². The third-order valence-electron chi connectivity index (χ3n) is 3.82. The Bertz CT molecular complexity index is 889. The normalized spacial score (nSPS) is 12.1. The molecular weight excluding hydrogens is 372 g/mol. The summed E-state index contributed by atoms with van der Waals surface area (Å²) in [7, 11) is -2.00. The molecule has 0 saturated carbocycles. The van der Waals surface area contributed by atoms with Crippen LogP contribution >= 0.6 is 11.6 Å². The van der Waals surface area contributed by atoms with Crippen LogP contribution in [0.15, 0.2) is 59.5 Å². The SMILES string of the molecule is CC(C)N(C)S(=O)(=O)c1ccc(NC(=O)/C=C/c2ccc(Cl)cc2)cc1. The van der Waals surface area contributed by atoms with Crippen LogP contribution in [-0.4, -0.2) is 31.7 Å².